The van der Waals surface area contributed by atoms with Crippen LogP contribution in [0, 0.1) is 13.8 Å². The molecule has 0 spiro atoms. The Kier molecular flexibility index (Phi) is 3.27. The Bertz CT molecular complexity index is 1120. The van der Waals surface area contributed by atoms with E-state index in [-0.39, 0.29) is 11.8 Å². The second kappa shape index (κ2) is 5.54. The number of H-pyrrole nitrogens is 1. The van der Waals surface area contributed by atoms with Crippen LogP contribution in [-0.2, 0) is 4.79 Å². The summed E-state index contributed by atoms with van der Waals surface area (Å²) in [6.07, 6.45) is 0.445. The van der Waals surface area contributed by atoms with Crippen molar-refractivity contribution in [1.29, 1.82) is 0 Å². The second-order valence-corrected chi connectivity index (χ2v) is 7.56. The van der Waals surface area contributed by atoms with Gasteiger partial charge in [0, 0.05) is 22.8 Å². The number of aromatic amines is 1. The number of nitrogens with one attached hydrogen (secondary N) is 2. The summed E-state index contributed by atoms with van der Waals surface area (Å²) >= 11 is 1.70. The first-order chi connectivity index (χ1) is 12.6. The van der Waals surface area contributed by atoms with Crippen LogP contribution in [0.5, 0.6) is 0 Å². The lowest BCUT2D eigenvalue weighted by Gasteiger charge is -2.23. The Labute approximate surface area is 153 Å². The predicted octanol–water partition coefficient (Wildman–Crippen LogP) is 3.90. The molecule has 6 nitrogen and oxygen atoms in total. The Morgan fingerprint density at radius 3 is 2.85 bits per heavy atom. The summed E-state index contributed by atoms with van der Waals surface area (Å²) in [4.78, 5) is 21.6. The summed E-state index contributed by atoms with van der Waals surface area (Å²) in [5.41, 5.74) is 5.03. The van der Waals surface area contributed by atoms with Crippen molar-refractivity contribution in [2.45, 2.75) is 26.2 Å². The summed E-state index contributed by atoms with van der Waals surface area (Å²) in [5, 5.41) is 9.78. The fraction of sp³-hybridized carbons (Fsp3) is 0.211. The number of fused-ring (bicyclic) bond motifs is 2. The molecule has 5 rings (SSSR count). The highest BCUT2D eigenvalue weighted by molar-refractivity contribution is 7.10. The van der Waals surface area contributed by atoms with Gasteiger partial charge in [0.25, 0.3) is 0 Å². The Morgan fingerprint density at radius 1 is 1.23 bits per heavy atom. The van der Waals surface area contributed by atoms with Crippen LogP contribution in [0.15, 0.2) is 35.7 Å². The molecule has 1 unspecified atom stereocenters. The highest BCUT2D eigenvalue weighted by Crippen LogP contribution is 2.42. The molecule has 0 saturated carbocycles. The fourth-order valence-corrected chi connectivity index (χ4v) is 4.74. The van der Waals surface area contributed by atoms with Gasteiger partial charge in [0.2, 0.25) is 11.9 Å². The van der Waals surface area contributed by atoms with Crippen molar-refractivity contribution in [3.05, 3.63) is 57.4 Å². The third-order valence-corrected chi connectivity index (χ3v) is 6.03. The maximum atomic E-state index is 12.4. The van der Waals surface area contributed by atoms with E-state index in [1.54, 1.807) is 16.0 Å². The number of thiophene rings is 1. The molecular formula is C19H17N5OS. The maximum Gasteiger partial charge on any atom is 0.231 e. The summed E-state index contributed by atoms with van der Waals surface area (Å²) in [6, 6.07) is 9.95. The van der Waals surface area contributed by atoms with E-state index in [1.807, 2.05) is 31.2 Å². The fourth-order valence-electron chi connectivity index (χ4n) is 3.71. The number of hydrogen-bond acceptors (Lipinski definition) is 4. The van der Waals surface area contributed by atoms with Crippen LogP contribution in [0.1, 0.15) is 34.0 Å². The largest absolute Gasteiger partial charge is 0.322 e. The minimum absolute atomic E-state index is 0.00700. The Morgan fingerprint density at radius 2 is 2.08 bits per heavy atom. The maximum absolute atomic E-state index is 12.4. The zero-order chi connectivity index (χ0) is 17.8. The van der Waals surface area contributed by atoms with Gasteiger partial charge in [-0.15, -0.1) is 11.3 Å². The number of hydrogen-bond donors (Lipinski definition) is 2. The number of rotatable bonds is 2. The number of aromatic nitrogens is 4. The number of para-hydroxylation sites is 2. The summed E-state index contributed by atoms with van der Waals surface area (Å²) in [7, 11) is 0. The Balaban J connectivity index is 1.71. The zero-order valence-corrected chi connectivity index (χ0v) is 15.2. The molecule has 1 aromatic carbocycles. The highest BCUT2D eigenvalue weighted by atomic mass is 32.1. The van der Waals surface area contributed by atoms with E-state index in [9.17, 15) is 4.79 Å². The highest BCUT2D eigenvalue weighted by Gasteiger charge is 2.34. The van der Waals surface area contributed by atoms with Gasteiger partial charge < -0.3 is 10.3 Å². The standard InChI is InChI=1S/C19H17N5OS/c1-10-7-8-26-17(10)12-9-15(25)22-18-16(12)11(2)23-24(18)19-20-13-5-3-4-6-14(13)21-19/h3-8,12H,9H2,1-2H3,(H,20,21)(H,22,25). The van der Waals surface area contributed by atoms with Gasteiger partial charge in [-0.25, -0.2) is 4.98 Å². The first-order valence-corrected chi connectivity index (χ1v) is 9.38. The van der Waals surface area contributed by atoms with Gasteiger partial charge in [0.15, 0.2) is 0 Å². The smallest absolute Gasteiger partial charge is 0.231 e. The molecular weight excluding hydrogens is 346 g/mol. The third kappa shape index (κ3) is 2.20. The minimum atomic E-state index is 0.00700. The molecule has 130 valence electrons. The molecule has 0 radical (unpaired) electrons. The quantitative estimate of drug-likeness (QED) is 0.567. The SMILES string of the molecule is Cc1ccsc1C1CC(=O)Nc2c1c(C)nn2-c1nc2ccccc2[nH]1. The van der Waals surface area contributed by atoms with Crippen molar-refractivity contribution in [3.63, 3.8) is 0 Å². The number of benzene rings is 1. The van der Waals surface area contributed by atoms with Crippen LogP contribution in [0.3, 0.4) is 0 Å². The lowest BCUT2D eigenvalue weighted by molar-refractivity contribution is -0.116. The summed E-state index contributed by atoms with van der Waals surface area (Å²) in [5.74, 6) is 1.37. The number of aryl methyl sites for hydroxylation is 2. The molecule has 7 heteroatoms. The van der Waals surface area contributed by atoms with Crippen LogP contribution >= 0.6 is 11.3 Å². The molecule has 1 aliphatic heterocycles. The molecule has 1 amide bonds. The van der Waals surface area contributed by atoms with Crippen molar-refractivity contribution < 1.29 is 4.79 Å². The molecule has 0 aliphatic carbocycles. The summed E-state index contributed by atoms with van der Waals surface area (Å²) in [6.45, 7) is 4.09. The van der Waals surface area contributed by atoms with Crippen LogP contribution < -0.4 is 5.32 Å². The minimum Gasteiger partial charge on any atom is -0.322 e. The van der Waals surface area contributed by atoms with Crippen LogP contribution in [0.2, 0.25) is 0 Å². The van der Waals surface area contributed by atoms with Crippen LogP contribution in [0.25, 0.3) is 17.0 Å². The molecule has 1 atom stereocenters. The number of anilines is 1. The molecule has 26 heavy (non-hydrogen) atoms. The van der Waals surface area contributed by atoms with Gasteiger partial charge in [0.05, 0.1) is 16.7 Å². The van der Waals surface area contributed by atoms with Crippen molar-refractivity contribution in [2.75, 3.05) is 5.32 Å². The zero-order valence-electron chi connectivity index (χ0n) is 14.4. The van der Waals surface area contributed by atoms with E-state index in [2.05, 4.69) is 33.7 Å². The van der Waals surface area contributed by atoms with Crippen molar-refractivity contribution >= 4 is 34.1 Å². The van der Waals surface area contributed by atoms with E-state index in [1.165, 1.54) is 10.4 Å². The van der Waals surface area contributed by atoms with Gasteiger partial charge in [-0.1, -0.05) is 12.1 Å². The molecule has 2 N–H and O–H groups in total. The second-order valence-electron chi connectivity index (χ2n) is 6.61. The Hall–Kier alpha value is -2.93. The topological polar surface area (TPSA) is 75.6 Å². The van der Waals surface area contributed by atoms with E-state index in [0.29, 0.717) is 12.4 Å². The lowest BCUT2D eigenvalue weighted by Crippen LogP contribution is -2.25. The molecule has 3 aromatic heterocycles. The van der Waals surface area contributed by atoms with Gasteiger partial charge >= 0.3 is 0 Å². The molecule has 1 aliphatic rings. The molecule has 0 saturated heterocycles. The summed E-state index contributed by atoms with van der Waals surface area (Å²) < 4.78 is 1.72. The first-order valence-electron chi connectivity index (χ1n) is 8.50. The van der Waals surface area contributed by atoms with E-state index < -0.39 is 0 Å². The van der Waals surface area contributed by atoms with Crippen LogP contribution in [0.4, 0.5) is 5.82 Å². The average molecular weight is 363 g/mol. The van der Waals surface area contributed by atoms with Gasteiger partial charge in [0.1, 0.15) is 5.82 Å². The van der Waals surface area contributed by atoms with Gasteiger partial charge in [-0.3, -0.25) is 4.79 Å². The molecule has 4 heterocycles. The number of carbonyl (C=O) groups excluding carboxylic acids is 1. The molecule has 4 aromatic rings. The molecule has 0 fully saturated rings. The number of carbonyl (C=O) groups is 1. The van der Waals surface area contributed by atoms with Crippen molar-refractivity contribution in [3.8, 4) is 5.95 Å². The molecule has 0 bridgehead atoms. The van der Waals surface area contributed by atoms with Crippen LogP contribution in [-0.4, -0.2) is 25.7 Å². The van der Waals surface area contributed by atoms with Gasteiger partial charge in [-0.05, 0) is 43.0 Å². The van der Waals surface area contributed by atoms with Gasteiger partial charge in [-0.2, -0.15) is 9.78 Å². The monoisotopic (exact) mass is 363 g/mol. The van der Waals surface area contributed by atoms with Crippen molar-refractivity contribution in [2.24, 2.45) is 0 Å². The van der Waals surface area contributed by atoms with E-state index >= 15 is 0 Å². The normalized spacial score (nSPS) is 16.7. The number of nitrogens with zero attached hydrogens (tertiary/aromatic N) is 3. The van der Waals surface area contributed by atoms with Crippen molar-refractivity contribution in [1.82, 2.24) is 19.7 Å². The third-order valence-electron chi connectivity index (χ3n) is 4.90. The average Bonchev–Trinajstić information content (AvgIpc) is 3.31. The predicted molar refractivity (Wildman–Crippen MR) is 102 cm³/mol. The van der Waals surface area contributed by atoms with E-state index in [0.717, 1.165) is 28.1 Å². The first kappa shape index (κ1) is 15.3. The van der Waals surface area contributed by atoms with E-state index in [4.69, 9.17) is 5.10 Å². The lowest BCUT2D eigenvalue weighted by atomic mass is 9.89. The number of amides is 1. The number of imidazole rings is 1.